The van der Waals surface area contributed by atoms with E-state index in [9.17, 15) is 22.7 Å². The van der Waals surface area contributed by atoms with E-state index in [-0.39, 0.29) is 42.2 Å². The molecule has 2 aromatic rings. The van der Waals surface area contributed by atoms with Crippen molar-refractivity contribution < 1.29 is 27.4 Å². The SMILES string of the molecule is CC(=O)N(C)C[C@H]1Oc2cc(C#Cc3cccc(F)c3)ccc2S(=O)(=O)N([C@@H](C)CO)C[C@H]1C. The number of benzene rings is 2. The predicted molar refractivity (Wildman–Crippen MR) is 126 cm³/mol. The molecular formula is C25H29FN2O5S. The Labute approximate surface area is 200 Å². The second-order valence-electron chi connectivity index (χ2n) is 8.56. The molecule has 0 aromatic heterocycles. The van der Waals surface area contributed by atoms with Crippen molar-refractivity contribution in [3.05, 3.63) is 59.4 Å². The van der Waals surface area contributed by atoms with Crippen LogP contribution in [0.15, 0.2) is 47.4 Å². The van der Waals surface area contributed by atoms with Crippen molar-refractivity contribution in [1.29, 1.82) is 0 Å². The van der Waals surface area contributed by atoms with Gasteiger partial charge in [0.2, 0.25) is 15.9 Å². The Morgan fingerprint density at radius 1 is 1.26 bits per heavy atom. The van der Waals surface area contributed by atoms with E-state index in [0.29, 0.717) is 11.1 Å². The summed E-state index contributed by atoms with van der Waals surface area (Å²) < 4.78 is 47.9. The molecule has 0 unspecified atom stereocenters. The van der Waals surface area contributed by atoms with Crippen molar-refractivity contribution in [3.8, 4) is 17.6 Å². The molecule has 2 aromatic carbocycles. The minimum Gasteiger partial charge on any atom is -0.487 e. The van der Waals surface area contributed by atoms with Crippen LogP contribution >= 0.6 is 0 Å². The fourth-order valence-corrected chi connectivity index (χ4v) is 5.46. The molecule has 0 bridgehead atoms. The molecule has 34 heavy (non-hydrogen) atoms. The highest BCUT2D eigenvalue weighted by Gasteiger charge is 2.38. The van der Waals surface area contributed by atoms with Crippen LogP contribution in [0, 0.1) is 23.6 Å². The molecule has 0 radical (unpaired) electrons. The summed E-state index contributed by atoms with van der Waals surface area (Å²) in [5, 5.41) is 9.71. The summed E-state index contributed by atoms with van der Waals surface area (Å²) >= 11 is 0. The summed E-state index contributed by atoms with van der Waals surface area (Å²) in [6, 6.07) is 9.77. The van der Waals surface area contributed by atoms with Crippen LogP contribution < -0.4 is 4.74 Å². The number of likely N-dealkylation sites (N-methyl/N-ethyl adjacent to an activating group) is 1. The smallest absolute Gasteiger partial charge is 0.247 e. The molecule has 1 amide bonds. The number of hydrogen-bond donors (Lipinski definition) is 1. The maximum absolute atomic E-state index is 13.5. The van der Waals surface area contributed by atoms with E-state index < -0.39 is 28.0 Å². The molecule has 3 atom stereocenters. The second kappa shape index (κ2) is 10.6. The topological polar surface area (TPSA) is 87.2 Å². The standard InChI is InChI=1S/C25H29FN2O5S/c1-17-14-28(18(2)16-29)34(31,32)25-11-10-21(9-8-20-6-5-7-22(26)12-20)13-23(25)33-24(17)15-27(4)19(3)30/h5-7,10-13,17-18,24,29H,14-16H2,1-4H3/t17-,18+,24-/m1/s1. The van der Waals surface area contributed by atoms with Gasteiger partial charge in [-0.25, -0.2) is 12.8 Å². The van der Waals surface area contributed by atoms with Crippen LogP contribution in [0.1, 0.15) is 31.9 Å². The van der Waals surface area contributed by atoms with Gasteiger partial charge in [-0.3, -0.25) is 4.79 Å². The summed E-state index contributed by atoms with van der Waals surface area (Å²) in [6.07, 6.45) is -0.497. The average Bonchev–Trinajstić information content (AvgIpc) is 2.79. The molecule has 0 saturated carbocycles. The third-order valence-electron chi connectivity index (χ3n) is 5.83. The average molecular weight is 489 g/mol. The van der Waals surface area contributed by atoms with E-state index in [4.69, 9.17) is 4.74 Å². The number of sulfonamides is 1. The minimum atomic E-state index is -3.97. The number of aliphatic hydroxyl groups excluding tert-OH is 1. The van der Waals surface area contributed by atoms with Crippen molar-refractivity contribution in [1.82, 2.24) is 9.21 Å². The molecule has 1 aliphatic rings. The number of nitrogens with zero attached hydrogens (tertiary/aromatic N) is 2. The number of hydrogen-bond acceptors (Lipinski definition) is 5. The van der Waals surface area contributed by atoms with Crippen molar-refractivity contribution in [2.75, 3.05) is 26.7 Å². The van der Waals surface area contributed by atoms with E-state index in [1.807, 2.05) is 6.92 Å². The molecule has 1 heterocycles. The molecular weight excluding hydrogens is 459 g/mol. The summed E-state index contributed by atoms with van der Waals surface area (Å²) in [4.78, 5) is 13.3. The zero-order valence-corrected chi connectivity index (χ0v) is 20.5. The highest BCUT2D eigenvalue weighted by Crippen LogP contribution is 2.34. The Morgan fingerprint density at radius 3 is 2.56 bits per heavy atom. The molecule has 9 heteroatoms. The van der Waals surface area contributed by atoms with Gasteiger partial charge in [-0.05, 0) is 43.3 Å². The van der Waals surface area contributed by atoms with Crippen LogP contribution in [0.5, 0.6) is 5.75 Å². The number of fused-ring (bicyclic) bond motifs is 1. The molecule has 0 spiro atoms. The first-order valence-corrected chi connectivity index (χ1v) is 12.4. The van der Waals surface area contributed by atoms with E-state index in [0.717, 1.165) is 0 Å². The maximum atomic E-state index is 13.5. The Bertz CT molecular complexity index is 1220. The minimum absolute atomic E-state index is 0.0357. The number of carbonyl (C=O) groups excluding carboxylic acids is 1. The number of rotatable bonds is 4. The first kappa shape index (κ1) is 25.7. The normalized spacial score (nSPS) is 20.5. The highest BCUT2D eigenvalue weighted by atomic mass is 32.2. The van der Waals surface area contributed by atoms with Gasteiger partial charge in [-0.1, -0.05) is 24.8 Å². The fourth-order valence-electron chi connectivity index (χ4n) is 3.63. The third kappa shape index (κ3) is 5.76. The van der Waals surface area contributed by atoms with Gasteiger partial charge in [0.05, 0.1) is 13.2 Å². The third-order valence-corrected chi connectivity index (χ3v) is 7.85. The van der Waals surface area contributed by atoms with Crippen LogP contribution in [0.4, 0.5) is 4.39 Å². The van der Waals surface area contributed by atoms with Crippen LogP contribution in [0.3, 0.4) is 0 Å². The number of aliphatic hydroxyl groups is 1. The van der Waals surface area contributed by atoms with Gasteiger partial charge in [0, 0.05) is 43.6 Å². The van der Waals surface area contributed by atoms with E-state index in [2.05, 4.69) is 11.8 Å². The monoisotopic (exact) mass is 488 g/mol. The molecule has 3 rings (SSSR count). The van der Waals surface area contributed by atoms with Crippen molar-refractivity contribution in [2.24, 2.45) is 5.92 Å². The molecule has 0 aliphatic carbocycles. The largest absolute Gasteiger partial charge is 0.487 e. The Hall–Kier alpha value is -2.93. The number of ether oxygens (including phenoxy) is 1. The lowest BCUT2D eigenvalue weighted by Gasteiger charge is -2.37. The molecule has 1 aliphatic heterocycles. The second-order valence-corrected chi connectivity index (χ2v) is 10.4. The summed E-state index contributed by atoms with van der Waals surface area (Å²) in [5.41, 5.74) is 0.977. The van der Waals surface area contributed by atoms with Crippen LogP contribution in [-0.4, -0.2) is 67.5 Å². The lowest BCUT2D eigenvalue weighted by atomic mass is 10.0. The number of amides is 1. The Kier molecular flexibility index (Phi) is 7.97. The van der Waals surface area contributed by atoms with Gasteiger partial charge in [0.1, 0.15) is 22.6 Å². The van der Waals surface area contributed by atoms with E-state index in [1.165, 1.54) is 34.3 Å². The quantitative estimate of drug-likeness (QED) is 0.669. The first-order chi connectivity index (χ1) is 16.0. The maximum Gasteiger partial charge on any atom is 0.247 e. The Morgan fingerprint density at radius 2 is 1.94 bits per heavy atom. The van der Waals surface area contributed by atoms with Crippen molar-refractivity contribution in [2.45, 2.75) is 37.8 Å². The molecule has 0 saturated heterocycles. The molecule has 0 fully saturated rings. The summed E-state index contributed by atoms with van der Waals surface area (Å²) in [7, 11) is -2.32. The van der Waals surface area contributed by atoms with Crippen LogP contribution in [0.25, 0.3) is 0 Å². The predicted octanol–water partition coefficient (Wildman–Crippen LogP) is 2.47. The molecule has 7 nitrogen and oxygen atoms in total. The van der Waals surface area contributed by atoms with E-state index >= 15 is 0 Å². The Balaban J connectivity index is 2.08. The zero-order valence-electron chi connectivity index (χ0n) is 19.7. The van der Waals surface area contributed by atoms with E-state index in [1.54, 1.807) is 38.2 Å². The van der Waals surface area contributed by atoms with Crippen LogP contribution in [0.2, 0.25) is 0 Å². The summed E-state index contributed by atoms with van der Waals surface area (Å²) in [5.74, 6) is 5.10. The van der Waals surface area contributed by atoms with Gasteiger partial charge in [-0.15, -0.1) is 0 Å². The van der Waals surface area contributed by atoms with Gasteiger partial charge in [0.15, 0.2) is 0 Å². The summed E-state index contributed by atoms with van der Waals surface area (Å²) in [6.45, 7) is 4.99. The molecule has 1 N–H and O–H groups in total. The number of carbonyl (C=O) groups is 1. The highest BCUT2D eigenvalue weighted by molar-refractivity contribution is 7.89. The molecule has 182 valence electrons. The number of halogens is 1. The van der Waals surface area contributed by atoms with Gasteiger partial charge in [-0.2, -0.15) is 4.31 Å². The van der Waals surface area contributed by atoms with Gasteiger partial charge < -0.3 is 14.7 Å². The van der Waals surface area contributed by atoms with Gasteiger partial charge >= 0.3 is 0 Å². The van der Waals surface area contributed by atoms with Crippen molar-refractivity contribution >= 4 is 15.9 Å². The lowest BCUT2D eigenvalue weighted by Crippen LogP contribution is -2.50. The lowest BCUT2D eigenvalue weighted by molar-refractivity contribution is -0.129. The van der Waals surface area contributed by atoms with Gasteiger partial charge in [0.25, 0.3) is 0 Å². The first-order valence-electron chi connectivity index (χ1n) is 11.0. The van der Waals surface area contributed by atoms with Crippen LogP contribution in [-0.2, 0) is 14.8 Å². The fraction of sp³-hybridized carbons (Fsp3) is 0.400. The zero-order chi connectivity index (χ0) is 25.0. The van der Waals surface area contributed by atoms with Crippen molar-refractivity contribution in [3.63, 3.8) is 0 Å².